The summed E-state index contributed by atoms with van der Waals surface area (Å²) < 4.78 is 7.02. The van der Waals surface area contributed by atoms with Crippen LogP contribution in [-0.4, -0.2) is 15.2 Å². The Bertz CT molecular complexity index is 741. The molecule has 0 aliphatic rings. The molecule has 0 saturated carbocycles. The van der Waals surface area contributed by atoms with E-state index in [4.69, 9.17) is 4.52 Å². The number of thiophene rings is 1. The molecule has 4 nitrogen and oxygen atoms in total. The van der Waals surface area contributed by atoms with E-state index in [1.807, 2.05) is 18.2 Å². The van der Waals surface area contributed by atoms with Crippen LogP contribution in [0.4, 0.5) is 0 Å². The van der Waals surface area contributed by atoms with Gasteiger partial charge in [-0.15, -0.1) is 11.3 Å². The van der Waals surface area contributed by atoms with Gasteiger partial charge in [-0.3, -0.25) is 0 Å². The van der Waals surface area contributed by atoms with E-state index in [-0.39, 0.29) is 5.75 Å². The summed E-state index contributed by atoms with van der Waals surface area (Å²) in [5.74, 6) is 1.15. The van der Waals surface area contributed by atoms with Crippen molar-refractivity contribution in [2.45, 2.75) is 0 Å². The van der Waals surface area contributed by atoms with E-state index in [1.54, 1.807) is 12.1 Å². The van der Waals surface area contributed by atoms with Crippen LogP contribution in [0.5, 0.6) is 5.75 Å². The number of aromatic nitrogens is 2. The maximum atomic E-state index is 9.69. The summed E-state index contributed by atoms with van der Waals surface area (Å²) in [6.07, 6.45) is 0. The largest absolute Gasteiger partial charge is 0.507 e. The van der Waals surface area contributed by atoms with E-state index >= 15 is 0 Å². The van der Waals surface area contributed by atoms with E-state index in [2.05, 4.69) is 48.7 Å². The lowest BCUT2D eigenvalue weighted by molar-refractivity contribution is 0.431. The molecule has 2 aromatic heterocycles. The molecule has 0 amide bonds. The van der Waals surface area contributed by atoms with Crippen molar-refractivity contribution in [1.82, 2.24) is 10.1 Å². The van der Waals surface area contributed by atoms with Crippen molar-refractivity contribution in [3.05, 3.63) is 37.7 Å². The molecule has 19 heavy (non-hydrogen) atoms. The molecule has 3 aromatic rings. The molecule has 7 heteroatoms. The molecule has 2 heterocycles. The number of rotatable bonds is 2. The summed E-state index contributed by atoms with van der Waals surface area (Å²) in [5.41, 5.74) is 0.701. The van der Waals surface area contributed by atoms with Crippen molar-refractivity contribution in [2.75, 3.05) is 0 Å². The van der Waals surface area contributed by atoms with Gasteiger partial charge in [0.05, 0.1) is 12.2 Å². The number of benzene rings is 1. The minimum Gasteiger partial charge on any atom is -0.507 e. The second-order valence-corrected chi connectivity index (χ2v) is 7.32. The molecule has 0 bridgehead atoms. The van der Waals surface area contributed by atoms with Crippen molar-refractivity contribution < 1.29 is 9.63 Å². The molecular formula is C12H6BrIN2O2S. The van der Waals surface area contributed by atoms with Gasteiger partial charge in [0.1, 0.15) is 5.75 Å². The zero-order chi connectivity index (χ0) is 13.4. The predicted molar refractivity (Wildman–Crippen MR) is 85.1 cm³/mol. The summed E-state index contributed by atoms with van der Waals surface area (Å²) in [7, 11) is 0. The van der Waals surface area contributed by atoms with Crippen LogP contribution in [0.2, 0.25) is 0 Å². The second-order valence-electron chi connectivity index (χ2n) is 3.69. The molecule has 0 unspecified atom stereocenters. The molecule has 3 rings (SSSR count). The highest BCUT2D eigenvalue weighted by molar-refractivity contribution is 14.1. The van der Waals surface area contributed by atoms with Gasteiger partial charge >= 0.3 is 0 Å². The molecule has 0 spiro atoms. The van der Waals surface area contributed by atoms with Gasteiger partial charge in [-0.25, -0.2) is 0 Å². The highest BCUT2D eigenvalue weighted by Gasteiger charge is 2.13. The van der Waals surface area contributed by atoms with Crippen molar-refractivity contribution >= 4 is 49.9 Å². The Kier molecular flexibility index (Phi) is 3.59. The van der Waals surface area contributed by atoms with Crippen LogP contribution in [0.3, 0.4) is 0 Å². The number of phenols is 1. The Morgan fingerprint density at radius 1 is 1.26 bits per heavy atom. The molecule has 1 aromatic carbocycles. The Hall–Kier alpha value is -0.930. The van der Waals surface area contributed by atoms with Crippen molar-refractivity contribution in [3.8, 4) is 27.9 Å². The van der Waals surface area contributed by atoms with Crippen LogP contribution in [0.25, 0.3) is 22.2 Å². The standard InChI is InChI=1S/C12H6BrIN2O2S/c13-10-4-3-9(19-10)11-15-12(18-16-11)6-1-2-7(14)8(17)5-6/h1-5,17H. The zero-order valence-electron chi connectivity index (χ0n) is 9.30. The summed E-state index contributed by atoms with van der Waals surface area (Å²) in [6.45, 7) is 0. The minimum atomic E-state index is 0.205. The zero-order valence-corrected chi connectivity index (χ0v) is 13.9. The normalized spacial score (nSPS) is 10.8. The van der Waals surface area contributed by atoms with Crippen LogP contribution in [0, 0.1) is 3.57 Å². The lowest BCUT2D eigenvalue weighted by Crippen LogP contribution is -1.80. The minimum absolute atomic E-state index is 0.205. The first-order valence-electron chi connectivity index (χ1n) is 5.22. The van der Waals surface area contributed by atoms with Crippen molar-refractivity contribution in [1.29, 1.82) is 0 Å². The van der Waals surface area contributed by atoms with Crippen molar-refractivity contribution in [2.24, 2.45) is 0 Å². The smallest absolute Gasteiger partial charge is 0.258 e. The van der Waals surface area contributed by atoms with E-state index in [9.17, 15) is 5.11 Å². The number of hydrogen-bond donors (Lipinski definition) is 1. The maximum absolute atomic E-state index is 9.69. The summed E-state index contributed by atoms with van der Waals surface area (Å²) >= 11 is 6.99. The molecule has 0 atom stereocenters. The first-order chi connectivity index (χ1) is 9.13. The van der Waals surface area contributed by atoms with Gasteiger partial charge < -0.3 is 9.63 Å². The third-order valence-electron chi connectivity index (χ3n) is 2.41. The van der Waals surface area contributed by atoms with Crippen LogP contribution in [0.15, 0.2) is 38.6 Å². The van der Waals surface area contributed by atoms with Crippen LogP contribution in [-0.2, 0) is 0 Å². The van der Waals surface area contributed by atoms with Gasteiger partial charge in [-0.05, 0) is 68.9 Å². The molecular weight excluding hydrogens is 443 g/mol. The number of hydrogen-bond acceptors (Lipinski definition) is 5. The molecule has 0 aliphatic heterocycles. The first-order valence-corrected chi connectivity index (χ1v) is 7.90. The fourth-order valence-corrected chi connectivity index (χ4v) is 3.17. The molecule has 96 valence electrons. The number of aromatic hydroxyl groups is 1. The number of nitrogens with zero attached hydrogens (tertiary/aromatic N) is 2. The predicted octanol–water partition coefficient (Wildman–Crippen LogP) is 4.54. The van der Waals surface area contributed by atoms with Gasteiger partial charge in [0.2, 0.25) is 5.82 Å². The summed E-state index contributed by atoms with van der Waals surface area (Å²) in [4.78, 5) is 5.26. The Balaban J connectivity index is 1.98. The van der Waals surface area contributed by atoms with Crippen molar-refractivity contribution in [3.63, 3.8) is 0 Å². The highest BCUT2D eigenvalue weighted by Crippen LogP contribution is 2.32. The summed E-state index contributed by atoms with van der Waals surface area (Å²) in [6, 6.07) is 9.12. The molecule has 0 saturated heterocycles. The summed E-state index contributed by atoms with van der Waals surface area (Å²) in [5, 5.41) is 13.6. The lowest BCUT2D eigenvalue weighted by atomic mass is 10.2. The van der Waals surface area contributed by atoms with Gasteiger partial charge in [0.25, 0.3) is 5.89 Å². The van der Waals surface area contributed by atoms with Crippen LogP contribution >= 0.6 is 49.9 Å². The Morgan fingerprint density at radius 2 is 2.11 bits per heavy atom. The SMILES string of the molecule is Oc1cc(-c2nc(-c3ccc(Br)s3)no2)ccc1I. The van der Waals surface area contributed by atoms with E-state index in [1.165, 1.54) is 11.3 Å². The van der Waals surface area contributed by atoms with Gasteiger partial charge in [-0.1, -0.05) is 5.16 Å². The monoisotopic (exact) mass is 448 g/mol. The lowest BCUT2D eigenvalue weighted by Gasteiger charge is -1.97. The number of phenolic OH excluding ortho intramolecular Hbond substituents is 1. The Morgan fingerprint density at radius 3 is 2.79 bits per heavy atom. The third-order valence-corrected chi connectivity index (χ3v) is 4.94. The van der Waals surface area contributed by atoms with E-state index < -0.39 is 0 Å². The van der Waals surface area contributed by atoms with E-state index in [0.717, 1.165) is 12.2 Å². The fourth-order valence-electron chi connectivity index (χ4n) is 1.52. The maximum Gasteiger partial charge on any atom is 0.258 e. The molecule has 0 radical (unpaired) electrons. The van der Waals surface area contributed by atoms with E-state index in [0.29, 0.717) is 17.3 Å². The molecule has 0 aliphatic carbocycles. The Labute approximate surface area is 134 Å². The second kappa shape index (κ2) is 5.22. The number of halogens is 2. The molecule has 0 fully saturated rings. The average Bonchev–Trinajstić information content (AvgIpc) is 3.01. The van der Waals surface area contributed by atoms with Gasteiger partial charge in [-0.2, -0.15) is 4.98 Å². The average molecular weight is 449 g/mol. The van der Waals surface area contributed by atoms with Gasteiger partial charge in [0, 0.05) is 5.56 Å². The van der Waals surface area contributed by atoms with Crippen LogP contribution < -0.4 is 0 Å². The topological polar surface area (TPSA) is 59.2 Å². The van der Waals surface area contributed by atoms with Crippen LogP contribution in [0.1, 0.15) is 0 Å². The molecule has 1 N–H and O–H groups in total. The highest BCUT2D eigenvalue weighted by atomic mass is 127. The third kappa shape index (κ3) is 2.67. The first kappa shape index (κ1) is 13.1. The quantitative estimate of drug-likeness (QED) is 0.585. The van der Waals surface area contributed by atoms with Gasteiger partial charge in [0.15, 0.2) is 0 Å². The fraction of sp³-hybridized carbons (Fsp3) is 0.